The Morgan fingerprint density at radius 3 is 2.10 bits per heavy atom. The lowest BCUT2D eigenvalue weighted by Gasteiger charge is -2.58. The van der Waals surface area contributed by atoms with Gasteiger partial charge < -0.3 is 0 Å². The molecular weight excluding hydrogens is 256 g/mol. The summed E-state index contributed by atoms with van der Waals surface area (Å²) in [5.74, 6) is 2.71. The minimum atomic E-state index is -0.297. The number of rotatable bonds is 5. The van der Waals surface area contributed by atoms with Crippen molar-refractivity contribution in [2.75, 3.05) is 0 Å². The Kier molecular flexibility index (Phi) is 3.57. The Labute approximate surface area is 128 Å². The standard InChI is InChI=1S/C20H27O/c21-19(8-4-7-15-5-2-1-3-6-15)20-12-16-9-17(13-20)11-18(10-16)14-20/h1-3,5-6,16-19H,4,7-14H2. The topological polar surface area (TPSA) is 19.9 Å². The third-order valence-electron chi connectivity index (χ3n) is 6.54. The van der Waals surface area contributed by atoms with E-state index in [1.165, 1.54) is 44.1 Å². The predicted octanol–water partition coefficient (Wildman–Crippen LogP) is 5.02. The largest absolute Gasteiger partial charge is 0.233 e. The van der Waals surface area contributed by atoms with Gasteiger partial charge in [0, 0.05) is 5.41 Å². The van der Waals surface area contributed by atoms with Crippen LogP contribution in [0.4, 0.5) is 0 Å². The summed E-state index contributed by atoms with van der Waals surface area (Å²) in [5, 5.41) is 13.0. The Bertz CT molecular complexity index is 443. The van der Waals surface area contributed by atoms with Crippen molar-refractivity contribution in [1.82, 2.24) is 0 Å². The van der Waals surface area contributed by atoms with Crippen LogP contribution in [0.2, 0.25) is 0 Å². The summed E-state index contributed by atoms with van der Waals surface area (Å²) >= 11 is 0. The molecule has 4 saturated carbocycles. The van der Waals surface area contributed by atoms with Crippen LogP contribution in [-0.2, 0) is 11.5 Å². The maximum absolute atomic E-state index is 13.0. The summed E-state index contributed by atoms with van der Waals surface area (Å²) < 4.78 is 0. The van der Waals surface area contributed by atoms with E-state index in [2.05, 4.69) is 30.3 Å². The normalized spacial score (nSPS) is 38.6. The van der Waals surface area contributed by atoms with E-state index in [-0.39, 0.29) is 11.5 Å². The van der Waals surface area contributed by atoms with E-state index < -0.39 is 0 Å². The molecule has 4 bridgehead atoms. The van der Waals surface area contributed by atoms with Crippen LogP contribution < -0.4 is 0 Å². The van der Waals surface area contributed by atoms with E-state index in [9.17, 15) is 5.11 Å². The smallest absolute Gasteiger partial charge is 0.0986 e. The second kappa shape index (κ2) is 5.43. The maximum Gasteiger partial charge on any atom is 0.0986 e. The molecule has 4 fully saturated rings. The fraction of sp³-hybridized carbons (Fsp3) is 0.700. The molecular formula is C20H27O. The van der Waals surface area contributed by atoms with E-state index in [1.54, 1.807) is 0 Å². The molecule has 4 aliphatic rings. The van der Waals surface area contributed by atoms with E-state index in [0.29, 0.717) is 0 Å². The molecule has 21 heavy (non-hydrogen) atoms. The van der Waals surface area contributed by atoms with Gasteiger partial charge in [-0.25, -0.2) is 5.11 Å². The van der Waals surface area contributed by atoms with Crippen molar-refractivity contribution in [1.29, 1.82) is 0 Å². The van der Waals surface area contributed by atoms with Gasteiger partial charge in [-0.1, -0.05) is 30.3 Å². The zero-order valence-corrected chi connectivity index (χ0v) is 13.0. The molecule has 1 nitrogen and oxygen atoms in total. The van der Waals surface area contributed by atoms with Crippen LogP contribution in [0.1, 0.15) is 56.9 Å². The highest BCUT2D eigenvalue weighted by Gasteiger charge is 2.54. The lowest BCUT2D eigenvalue weighted by Crippen LogP contribution is -2.51. The lowest BCUT2D eigenvalue weighted by molar-refractivity contribution is -0.143. The molecule has 0 saturated heterocycles. The zero-order chi connectivity index (χ0) is 14.3. The minimum Gasteiger partial charge on any atom is -0.233 e. The van der Waals surface area contributed by atoms with Crippen molar-refractivity contribution in [3.05, 3.63) is 35.9 Å². The van der Waals surface area contributed by atoms with Crippen LogP contribution in [0.15, 0.2) is 30.3 Å². The molecule has 5 rings (SSSR count). The summed E-state index contributed by atoms with van der Waals surface area (Å²) in [6.45, 7) is 0. The fourth-order valence-corrected chi connectivity index (χ4v) is 6.01. The summed E-state index contributed by atoms with van der Waals surface area (Å²) in [5.41, 5.74) is 1.58. The quantitative estimate of drug-likeness (QED) is 0.722. The van der Waals surface area contributed by atoms with Gasteiger partial charge >= 0.3 is 0 Å². The van der Waals surface area contributed by atoms with Gasteiger partial charge in [-0.15, -0.1) is 0 Å². The van der Waals surface area contributed by atoms with Crippen molar-refractivity contribution in [3.8, 4) is 0 Å². The third kappa shape index (κ3) is 2.65. The maximum atomic E-state index is 13.0. The molecule has 1 aromatic rings. The van der Waals surface area contributed by atoms with Crippen LogP contribution in [-0.4, -0.2) is 6.10 Å². The van der Waals surface area contributed by atoms with E-state index in [4.69, 9.17) is 0 Å². The molecule has 1 aromatic carbocycles. The average molecular weight is 283 g/mol. The first-order chi connectivity index (χ1) is 10.2. The van der Waals surface area contributed by atoms with E-state index in [0.717, 1.165) is 37.0 Å². The van der Waals surface area contributed by atoms with Crippen molar-refractivity contribution < 1.29 is 5.11 Å². The summed E-state index contributed by atoms with van der Waals surface area (Å²) in [7, 11) is 0. The molecule has 113 valence electrons. The SMILES string of the molecule is [O]C(CCCc1ccccc1)C12CC3CC(CC(C3)C1)C2. The third-order valence-corrected chi connectivity index (χ3v) is 6.54. The van der Waals surface area contributed by atoms with Crippen LogP contribution in [0.5, 0.6) is 0 Å². The van der Waals surface area contributed by atoms with Crippen molar-refractivity contribution in [2.45, 2.75) is 63.9 Å². The summed E-state index contributed by atoms with van der Waals surface area (Å²) in [6, 6.07) is 10.6. The molecule has 0 aliphatic heterocycles. The Morgan fingerprint density at radius 2 is 1.52 bits per heavy atom. The zero-order valence-electron chi connectivity index (χ0n) is 13.0. The van der Waals surface area contributed by atoms with E-state index >= 15 is 0 Å². The molecule has 4 aliphatic carbocycles. The molecule has 0 amide bonds. The van der Waals surface area contributed by atoms with Gasteiger partial charge in [0.05, 0.1) is 6.10 Å². The van der Waals surface area contributed by atoms with Gasteiger partial charge in [-0.05, 0) is 81.1 Å². The number of benzene rings is 1. The number of aryl methyl sites for hydroxylation is 1. The first-order valence-corrected chi connectivity index (χ1v) is 8.93. The van der Waals surface area contributed by atoms with Crippen LogP contribution >= 0.6 is 0 Å². The molecule has 0 heterocycles. The monoisotopic (exact) mass is 283 g/mol. The Hall–Kier alpha value is -0.820. The second-order valence-corrected chi connectivity index (χ2v) is 8.15. The van der Waals surface area contributed by atoms with Crippen LogP contribution in [0.25, 0.3) is 0 Å². The summed E-state index contributed by atoms with van der Waals surface area (Å²) in [4.78, 5) is 0. The predicted molar refractivity (Wildman–Crippen MR) is 84.5 cm³/mol. The van der Waals surface area contributed by atoms with Gasteiger partial charge in [0.2, 0.25) is 0 Å². The van der Waals surface area contributed by atoms with Crippen molar-refractivity contribution in [2.24, 2.45) is 23.2 Å². The molecule has 0 spiro atoms. The Morgan fingerprint density at radius 1 is 0.952 bits per heavy atom. The molecule has 1 atom stereocenters. The van der Waals surface area contributed by atoms with E-state index in [1.807, 2.05) is 0 Å². The number of hydrogen-bond donors (Lipinski definition) is 0. The van der Waals surface area contributed by atoms with Crippen LogP contribution in [0, 0.1) is 23.2 Å². The average Bonchev–Trinajstić information content (AvgIpc) is 2.47. The van der Waals surface area contributed by atoms with Gasteiger partial charge in [0.1, 0.15) is 0 Å². The lowest BCUT2D eigenvalue weighted by atomic mass is 9.48. The Balaban J connectivity index is 1.35. The van der Waals surface area contributed by atoms with Crippen LogP contribution in [0.3, 0.4) is 0 Å². The van der Waals surface area contributed by atoms with Gasteiger partial charge in [0.15, 0.2) is 0 Å². The fourth-order valence-electron chi connectivity index (χ4n) is 6.01. The highest BCUT2D eigenvalue weighted by molar-refractivity contribution is 5.14. The second-order valence-electron chi connectivity index (χ2n) is 8.15. The van der Waals surface area contributed by atoms with Crippen molar-refractivity contribution >= 4 is 0 Å². The van der Waals surface area contributed by atoms with Gasteiger partial charge in [-0.3, -0.25) is 0 Å². The summed E-state index contributed by atoms with van der Waals surface area (Å²) in [6.07, 6.45) is 10.8. The number of hydrogen-bond acceptors (Lipinski definition) is 0. The molecule has 1 unspecified atom stereocenters. The minimum absolute atomic E-state index is 0.200. The first kappa shape index (κ1) is 13.8. The highest BCUT2D eigenvalue weighted by Crippen LogP contribution is 2.61. The van der Waals surface area contributed by atoms with Crippen molar-refractivity contribution in [3.63, 3.8) is 0 Å². The molecule has 0 aromatic heterocycles. The highest BCUT2D eigenvalue weighted by atomic mass is 16.3. The molecule has 1 radical (unpaired) electrons. The molecule has 0 N–H and O–H groups in total. The van der Waals surface area contributed by atoms with Gasteiger partial charge in [0.25, 0.3) is 0 Å². The first-order valence-electron chi connectivity index (χ1n) is 8.93. The molecule has 1 heteroatoms. The van der Waals surface area contributed by atoms with Gasteiger partial charge in [-0.2, -0.15) is 0 Å².